The highest BCUT2D eigenvalue weighted by atomic mass is 16.5. The number of pyridine rings is 1. The molecule has 1 aliphatic rings. The molecule has 0 amide bonds. The van der Waals surface area contributed by atoms with Crippen LogP contribution in [0.15, 0.2) is 30.3 Å². The molecule has 5 nitrogen and oxygen atoms in total. The number of fused-ring (bicyclic) bond motifs is 1. The van der Waals surface area contributed by atoms with Gasteiger partial charge in [-0.15, -0.1) is 0 Å². The molecule has 116 valence electrons. The number of β-amino-alcohol motifs (C(OH)–C–C–N with tert-alkyl or cyclic N) is 1. The van der Waals surface area contributed by atoms with Crippen molar-refractivity contribution in [1.82, 2.24) is 4.98 Å². The first-order valence-electron chi connectivity index (χ1n) is 7.24. The highest BCUT2D eigenvalue weighted by Crippen LogP contribution is 2.40. The van der Waals surface area contributed by atoms with Gasteiger partial charge in [-0.3, -0.25) is 0 Å². The Balaban J connectivity index is 2.04. The quantitative estimate of drug-likeness (QED) is 0.943. The summed E-state index contributed by atoms with van der Waals surface area (Å²) in [6, 6.07) is 9.60. The Kier molecular flexibility index (Phi) is 3.90. The number of aromatic nitrogens is 1. The molecule has 1 N–H and O–H groups in total. The zero-order valence-electron chi connectivity index (χ0n) is 13.0. The molecule has 3 rings (SSSR count). The molecule has 0 spiro atoms. The summed E-state index contributed by atoms with van der Waals surface area (Å²) in [7, 11) is 3.25. The molecule has 22 heavy (non-hydrogen) atoms. The number of hydrogen-bond donors (Lipinski definition) is 1. The monoisotopic (exact) mass is 300 g/mol. The summed E-state index contributed by atoms with van der Waals surface area (Å²) in [5.74, 6) is 2.31. The van der Waals surface area contributed by atoms with Crippen molar-refractivity contribution in [2.45, 2.75) is 19.6 Å². The molecule has 1 aromatic heterocycles. The fraction of sp³-hybridized carbons (Fsp3) is 0.353. The molecule has 0 unspecified atom stereocenters. The summed E-state index contributed by atoms with van der Waals surface area (Å²) >= 11 is 0. The fourth-order valence-corrected chi connectivity index (χ4v) is 2.96. The van der Waals surface area contributed by atoms with E-state index in [1.54, 1.807) is 14.2 Å². The Morgan fingerprint density at radius 2 is 1.86 bits per heavy atom. The standard InChI is InChI=1S/C17H20N2O3/c1-11-5-4-6-16(18-11)19-9-12-14(21-2)7-8-15(22-3)17(12)13(20)10-19/h4-8,13,20H,9-10H2,1-3H3/t13-/m1/s1. The van der Waals surface area contributed by atoms with Crippen molar-refractivity contribution in [3.8, 4) is 11.5 Å². The van der Waals surface area contributed by atoms with Gasteiger partial charge < -0.3 is 19.5 Å². The van der Waals surface area contributed by atoms with E-state index in [0.717, 1.165) is 28.4 Å². The average molecular weight is 300 g/mol. The number of benzene rings is 1. The smallest absolute Gasteiger partial charge is 0.129 e. The Morgan fingerprint density at radius 1 is 1.14 bits per heavy atom. The summed E-state index contributed by atoms with van der Waals surface area (Å²) in [4.78, 5) is 6.60. The Labute approximate surface area is 130 Å². The van der Waals surface area contributed by atoms with Crippen LogP contribution in [0.5, 0.6) is 11.5 Å². The van der Waals surface area contributed by atoms with Crippen LogP contribution >= 0.6 is 0 Å². The van der Waals surface area contributed by atoms with Crippen molar-refractivity contribution in [1.29, 1.82) is 0 Å². The van der Waals surface area contributed by atoms with E-state index < -0.39 is 6.10 Å². The lowest BCUT2D eigenvalue weighted by atomic mass is 9.95. The van der Waals surface area contributed by atoms with E-state index in [4.69, 9.17) is 9.47 Å². The topological polar surface area (TPSA) is 54.8 Å². The number of aryl methyl sites for hydroxylation is 1. The third-order valence-electron chi connectivity index (χ3n) is 3.99. The second kappa shape index (κ2) is 5.85. The second-order valence-corrected chi connectivity index (χ2v) is 5.40. The number of anilines is 1. The van der Waals surface area contributed by atoms with Gasteiger partial charge in [0.1, 0.15) is 23.4 Å². The first-order chi connectivity index (χ1) is 10.6. The first kappa shape index (κ1) is 14.7. The highest BCUT2D eigenvalue weighted by Gasteiger charge is 2.30. The maximum atomic E-state index is 10.6. The SMILES string of the molecule is COc1ccc(OC)c2c1CN(c1cccc(C)n1)C[C@H]2O. The van der Waals surface area contributed by atoms with Gasteiger partial charge in [-0.25, -0.2) is 4.98 Å². The summed E-state index contributed by atoms with van der Waals surface area (Å²) < 4.78 is 10.8. The molecule has 1 atom stereocenters. The molecule has 1 aliphatic heterocycles. The van der Waals surface area contributed by atoms with Crippen LogP contribution in [-0.2, 0) is 6.54 Å². The Morgan fingerprint density at radius 3 is 2.55 bits per heavy atom. The van der Waals surface area contributed by atoms with Crippen LogP contribution in [0.2, 0.25) is 0 Å². The summed E-state index contributed by atoms with van der Waals surface area (Å²) in [5, 5.41) is 10.6. The Hall–Kier alpha value is -2.27. The minimum absolute atomic E-state index is 0.479. The molecule has 0 fully saturated rings. The maximum absolute atomic E-state index is 10.6. The van der Waals surface area contributed by atoms with Gasteiger partial charge in [-0.1, -0.05) is 6.07 Å². The summed E-state index contributed by atoms with van der Waals surface area (Å²) in [5.41, 5.74) is 2.71. The molecule has 1 aromatic carbocycles. The van der Waals surface area contributed by atoms with Crippen molar-refractivity contribution in [2.24, 2.45) is 0 Å². The minimum Gasteiger partial charge on any atom is -0.496 e. The molecular weight excluding hydrogens is 280 g/mol. The number of aliphatic hydroxyl groups excluding tert-OH is 1. The average Bonchev–Trinajstić information content (AvgIpc) is 2.53. The lowest BCUT2D eigenvalue weighted by Gasteiger charge is -2.34. The van der Waals surface area contributed by atoms with Gasteiger partial charge in [0.2, 0.25) is 0 Å². The highest BCUT2D eigenvalue weighted by molar-refractivity contribution is 5.55. The van der Waals surface area contributed by atoms with Gasteiger partial charge in [-0.2, -0.15) is 0 Å². The van der Waals surface area contributed by atoms with Crippen molar-refractivity contribution in [3.63, 3.8) is 0 Å². The number of ether oxygens (including phenoxy) is 2. The van der Waals surface area contributed by atoms with Gasteiger partial charge in [0.05, 0.1) is 20.8 Å². The summed E-state index contributed by atoms with van der Waals surface area (Å²) in [6.45, 7) is 3.07. The molecule has 2 aromatic rings. The minimum atomic E-state index is -0.642. The van der Waals surface area contributed by atoms with E-state index in [9.17, 15) is 5.11 Å². The van der Waals surface area contributed by atoms with Gasteiger partial charge in [0.25, 0.3) is 0 Å². The molecule has 0 aliphatic carbocycles. The van der Waals surface area contributed by atoms with Crippen LogP contribution in [0, 0.1) is 6.92 Å². The van der Waals surface area contributed by atoms with Crippen molar-refractivity contribution in [2.75, 3.05) is 25.7 Å². The van der Waals surface area contributed by atoms with Crippen LogP contribution < -0.4 is 14.4 Å². The van der Waals surface area contributed by atoms with Crippen molar-refractivity contribution < 1.29 is 14.6 Å². The largest absolute Gasteiger partial charge is 0.496 e. The van der Waals surface area contributed by atoms with Gasteiger partial charge in [0.15, 0.2) is 0 Å². The van der Waals surface area contributed by atoms with Crippen LogP contribution in [0.1, 0.15) is 22.9 Å². The fourth-order valence-electron chi connectivity index (χ4n) is 2.96. The van der Waals surface area contributed by atoms with E-state index in [2.05, 4.69) is 9.88 Å². The zero-order valence-corrected chi connectivity index (χ0v) is 13.0. The molecule has 2 heterocycles. The van der Waals surface area contributed by atoms with Crippen LogP contribution in [-0.4, -0.2) is 30.9 Å². The van der Waals surface area contributed by atoms with Gasteiger partial charge in [-0.05, 0) is 31.2 Å². The normalized spacial score (nSPS) is 17.1. The first-order valence-corrected chi connectivity index (χ1v) is 7.24. The number of nitrogens with zero attached hydrogens (tertiary/aromatic N) is 2. The van der Waals surface area contributed by atoms with E-state index in [1.807, 2.05) is 37.3 Å². The number of methoxy groups -OCH3 is 2. The molecular formula is C17H20N2O3. The van der Waals surface area contributed by atoms with Gasteiger partial charge in [0, 0.05) is 23.4 Å². The maximum Gasteiger partial charge on any atom is 0.129 e. The molecule has 0 bridgehead atoms. The van der Waals surface area contributed by atoms with E-state index in [-0.39, 0.29) is 0 Å². The van der Waals surface area contributed by atoms with E-state index in [0.29, 0.717) is 18.8 Å². The molecule has 5 heteroatoms. The van der Waals surface area contributed by atoms with Gasteiger partial charge >= 0.3 is 0 Å². The van der Waals surface area contributed by atoms with E-state index >= 15 is 0 Å². The van der Waals surface area contributed by atoms with Crippen molar-refractivity contribution in [3.05, 3.63) is 47.2 Å². The van der Waals surface area contributed by atoms with Crippen LogP contribution in [0.25, 0.3) is 0 Å². The third kappa shape index (κ3) is 2.48. The predicted molar refractivity (Wildman–Crippen MR) is 84.5 cm³/mol. The number of hydrogen-bond acceptors (Lipinski definition) is 5. The predicted octanol–water partition coefficient (Wildman–Crippen LogP) is 2.46. The second-order valence-electron chi connectivity index (χ2n) is 5.40. The Bertz CT molecular complexity index is 688. The number of rotatable bonds is 3. The van der Waals surface area contributed by atoms with Crippen LogP contribution in [0.3, 0.4) is 0 Å². The van der Waals surface area contributed by atoms with Crippen molar-refractivity contribution >= 4 is 5.82 Å². The lowest BCUT2D eigenvalue weighted by molar-refractivity contribution is 0.169. The number of aliphatic hydroxyl groups is 1. The third-order valence-corrected chi connectivity index (χ3v) is 3.99. The molecule has 0 saturated heterocycles. The molecule has 0 radical (unpaired) electrons. The molecule has 0 saturated carbocycles. The summed E-state index contributed by atoms with van der Waals surface area (Å²) in [6.07, 6.45) is -0.642. The van der Waals surface area contributed by atoms with Crippen LogP contribution in [0.4, 0.5) is 5.82 Å². The zero-order chi connectivity index (χ0) is 15.7. The lowest BCUT2D eigenvalue weighted by Crippen LogP contribution is -2.34. The van der Waals surface area contributed by atoms with E-state index in [1.165, 1.54) is 0 Å².